The van der Waals surface area contributed by atoms with Gasteiger partial charge < -0.3 is 0 Å². The molecule has 8 aromatic rings. The molecule has 0 bridgehead atoms. The quantitative estimate of drug-likeness (QED) is 0.158. The van der Waals surface area contributed by atoms with E-state index in [0.717, 1.165) is 67.9 Å². The molecular formula is C52H37N3. The van der Waals surface area contributed by atoms with Crippen molar-refractivity contribution in [1.82, 2.24) is 15.0 Å². The van der Waals surface area contributed by atoms with Crippen LogP contribution in [0.15, 0.2) is 213 Å². The van der Waals surface area contributed by atoms with Gasteiger partial charge in [-0.3, -0.25) is 4.98 Å². The van der Waals surface area contributed by atoms with Gasteiger partial charge in [-0.25, -0.2) is 9.97 Å². The van der Waals surface area contributed by atoms with Gasteiger partial charge in [-0.1, -0.05) is 170 Å². The summed E-state index contributed by atoms with van der Waals surface area (Å²) in [5, 5.41) is 2.37. The number of hydrogen-bond donors (Lipinski definition) is 0. The van der Waals surface area contributed by atoms with Gasteiger partial charge in [-0.05, 0) is 91.6 Å². The fourth-order valence-electron chi connectivity index (χ4n) is 7.37. The number of benzene rings is 6. The summed E-state index contributed by atoms with van der Waals surface area (Å²) in [5.41, 5.74) is 14.8. The standard InChI is InChI=1S/C52H37N3/c1-36(47-23-10-11-24-48(47)51(40-15-4-2-5-16-40)41-17-6-3-7-18-41)42-20-12-21-45(32-42)52-54-49(39-28-25-38(26-29-39)46-22-13-31-53-35-46)34-50(55-52)44-30-27-37-14-8-9-19-43(37)33-44/h2-17,19-35H,1,18H2/b51-41-. The minimum Gasteiger partial charge on any atom is -0.264 e. The van der Waals surface area contributed by atoms with Crippen LogP contribution in [0.2, 0.25) is 0 Å². The molecule has 3 heteroatoms. The second kappa shape index (κ2) is 15.0. The van der Waals surface area contributed by atoms with Crippen LogP contribution in [0.1, 0.15) is 28.7 Å². The molecule has 0 atom stereocenters. The third-order valence-electron chi connectivity index (χ3n) is 10.2. The highest BCUT2D eigenvalue weighted by atomic mass is 14.9. The van der Waals surface area contributed by atoms with Crippen molar-refractivity contribution in [1.29, 1.82) is 0 Å². The van der Waals surface area contributed by atoms with Crippen LogP contribution in [0.5, 0.6) is 0 Å². The van der Waals surface area contributed by atoms with Crippen LogP contribution in [0.3, 0.4) is 0 Å². The van der Waals surface area contributed by atoms with E-state index in [-0.39, 0.29) is 0 Å². The zero-order valence-corrected chi connectivity index (χ0v) is 30.3. The Morgan fingerprint density at radius 2 is 1.18 bits per heavy atom. The summed E-state index contributed by atoms with van der Waals surface area (Å²) in [4.78, 5) is 14.7. The monoisotopic (exact) mass is 703 g/mol. The maximum absolute atomic E-state index is 5.22. The zero-order valence-electron chi connectivity index (χ0n) is 30.3. The Bertz CT molecular complexity index is 2770. The average Bonchev–Trinajstić information content (AvgIpc) is 3.27. The van der Waals surface area contributed by atoms with Crippen LogP contribution in [0.4, 0.5) is 0 Å². The maximum Gasteiger partial charge on any atom is 0.160 e. The van der Waals surface area contributed by atoms with E-state index in [0.29, 0.717) is 5.82 Å². The first-order chi connectivity index (χ1) is 27.2. The van der Waals surface area contributed by atoms with Crippen molar-refractivity contribution in [2.24, 2.45) is 0 Å². The number of hydrogen-bond acceptors (Lipinski definition) is 3. The molecule has 3 nitrogen and oxygen atoms in total. The Balaban J connectivity index is 1.14. The number of fused-ring (bicyclic) bond motifs is 1. The first kappa shape index (κ1) is 33.6. The number of rotatable bonds is 8. The summed E-state index contributed by atoms with van der Waals surface area (Å²) in [6.45, 7) is 4.70. The first-order valence-corrected chi connectivity index (χ1v) is 18.6. The molecule has 0 saturated heterocycles. The van der Waals surface area contributed by atoms with Gasteiger partial charge >= 0.3 is 0 Å². The van der Waals surface area contributed by atoms with E-state index >= 15 is 0 Å². The lowest BCUT2D eigenvalue weighted by Crippen LogP contribution is -2.00. The van der Waals surface area contributed by atoms with Crippen molar-refractivity contribution in [3.8, 4) is 45.0 Å². The van der Waals surface area contributed by atoms with E-state index in [1.807, 2.05) is 12.3 Å². The third kappa shape index (κ3) is 6.99. The van der Waals surface area contributed by atoms with Gasteiger partial charge in [-0.2, -0.15) is 0 Å². The highest BCUT2D eigenvalue weighted by Gasteiger charge is 2.18. The van der Waals surface area contributed by atoms with E-state index in [4.69, 9.17) is 16.5 Å². The van der Waals surface area contributed by atoms with Crippen molar-refractivity contribution >= 4 is 21.9 Å². The number of pyridine rings is 1. The van der Waals surface area contributed by atoms with Crippen molar-refractivity contribution in [2.75, 3.05) is 0 Å². The Kier molecular flexibility index (Phi) is 9.17. The molecule has 6 aromatic carbocycles. The topological polar surface area (TPSA) is 38.7 Å². The lowest BCUT2D eigenvalue weighted by atomic mass is 9.84. The Morgan fingerprint density at radius 3 is 1.96 bits per heavy atom. The minimum atomic E-state index is 0.658. The summed E-state index contributed by atoms with van der Waals surface area (Å²) in [6.07, 6.45) is 13.2. The van der Waals surface area contributed by atoms with Crippen LogP contribution in [-0.2, 0) is 0 Å². The summed E-state index contributed by atoms with van der Waals surface area (Å²) in [6, 6.07) is 57.3. The first-order valence-electron chi connectivity index (χ1n) is 18.6. The predicted molar refractivity (Wildman–Crippen MR) is 229 cm³/mol. The molecule has 1 aliphatic rings. The largest absolute Gasteiger partial charge is 0.264 e. The van der Waals surface area contributed by atoms with Gasteiger partial charge in [0.05, 0.1) is 11.4 Å². The molecule has 1 aliphatic carbocycles. The van der Waals surface area contributed by atoms with Crippen LogP contribution in [0, 0.1) is 0 Å². The molecule has 0 unspecified atom stereocenters. The molecule has 2 aromatic heterocycles. The fraction of sp³-hybridized carbons (Fsp3) is 0.0192. The van der Waals surface area contributed by atoms with Crippen molar-refractivity contribution in [3.05, 3.63) is 235 Å². The van der Waals surface area contributed by atoms with Crippen molar-refractivity contribution < 1.29 is 0 Å². The molecular weight excluding hydrogens is 667 g/mol. The van der Waals surface area contributed by atoms with Crippen LogP contribution >= 0.6 is 0 Å². The second-order valence-electron chi connectivity index (χ2n) is 13.7. The maximum atomic E-state index is 5.22. The smallest absolute Gasteiger partial charge is 0.160 e. The van der Waals surface area contributed by atoms with Gasteiger partial charge in [0.2, 0.25) is 0 Å². The van der Waals surface area contributed by atoms with Crippen molar-refractivity contribution in [2.45, 2.75) is 6.42 Å². The molecule has 0 spiro atoms. The number of nitrogens with zero attached hydrogens (tertiary/aromatic N) is 3. The van der Waals surface area contributed by atoms with Crippen molar-refractivity contribution in [3.63, 3.8) is 0 Å². The number of aromatic nitrogens is 3. The fourth-order valence-corrected chi connectivity index (χ4v) is 7.37. The second-order valence-corrected chi connectivity index (χ2v) is 13.7. The Morgan fingerprint density at radius 1 is 0.491 bits per heavy atom. The van der Waals surface area contributed by atoms with Gasteiger partial charge in [0, 0.05) is 29.1 Å². The molecule has 0 aliphatic heterocycles. The van der Waals surface area contributed by atoms with Gasteiger partial charge in [0.25, 0.3) is 0 Å². The van der Waals surface area contributed by atoms with Gasteiger partial charge in [-0.15, -0.1) is 0 Å². The van der Waals surface area contributed by atoms with Crippen LogP contribution in [-0.4, -0.2) is 15.0 Å². The molecule has 55 heavy (non-hydrogen) atoms. The summed E-state index contributed by atoms with van der Waals surface area (Å²) in [7, 11) is 0. The van der Waals surface area contributed by atoms with E-state index in [9.17, 15) is 0 Å². The average molecular weight is 704 g/mol. The van der Waals surface area contributed by atoms with E-state index < -0.39 is 0 Å². The van der Waals surface area contributed by atoms with Gasteiger partial charge in [0.1, 0.15) is 0 Å². The van der Waals surface area contributed by atoms with Crippen LogP contribution < -0.4 is 0 Å². The molecule has 0 saturated carbocycles. The Hall–Kier alpha value is -7.23. The van der Waals surface area contributed by atoms with Gasteiger partial charge in [0.15, 0.2) is 5.82 Å². The molecule has 260 valence electrons. The third-order valence-corrected chi connectivity index (χ3v) is 10.2. The molecule has 9 rings (SSSR count). The van der Waals surface area contributed by atoms with Crippen LogP contribution in [0.25, 0.3) is 66.9 Å². The van der Waals surface area contributed by atoms with E-state index in [1.54, 1.807) is 6.20 Å². The summed E-state index contributed by atoms with van der Waals surface area (Å²) in [5.74, 6) is 0.658. The van der Waals surface area contributed by atoms with E-state index in [2.05, 4.69) is 187 Å². The van der Waals surface area contributed by atoms with E-state index in [1.165, 1.54) is 27.5 Å². The highest BCUT2D eigenvalue weighted by molar-refractivity contribution is 5.93. The molecule has 0 radical (unpaired) electrons. The summed E-state index contributed by atoms with van der Waals surface area (Å²) >= 11 is 0. The lowest BCUT2D eigenvalue weighted by molar-refractivity contribution is 1.18. The molecule has 2 heterocycles. The normalized spacial score (nSPS) is 13.2. The molecule has 0 fully saturated rings. The highest BCUT2D eigenvalue weighted by Crippen LogP contribution is 2.38. The Labute approximate surface area is 322 Å². The number of allylic oxidation sites excluding steroid dienone is 5. The SMILES string of the molecule is C=C(c1cccc(-c2nc(-c3ccc(-c4cccnc4)cc3)cc(-c3ccc4ccccc4c3)n2)c1)c1ccccc1/C(=C1/C=CC=CC1)c1ccccc1. The zero-order chi connectivity index (χ0) is 37.0. The molecule has 0 amide bonds. The minimum absolute atomic E-state index is 0.658. The predicted octanol–water partition coefficient (Wildman–Crippen LogP) is 13.1. The lowest BCUT2D eigenvalue weighted by Gasteiger charge is -2.19. The molecule has 0 N–H and O–H groups in total. The summed E-state index contributed by atoms with van der Waals surface area (Å²) < 4.78 is 0.